The zero-order valence-electron chi connectivity index (χ0n) is 14.2. The first-order chi connectivity index (χ1) is 13.0. The Morgan fingerprint density at radius 1 is 1.11 bits per heavy atom. The van der Waals surface area contributed by atoms with Crippen molar-refractivity contribution < 1.29 is 18.7 Å². The lowest BCUT2D eigenvalue weighted by Gasteiger charge is -2.03. The molecule has 27 heavy (non-hydrogen) atoms. The van der Waals surface area contributed by atoms with Gasteiger partial charge in [0.25, 0.3) is 11.8 Å². The van der Waals surface area contributed by atoms with Crippen LogP contribution in [-0.4, -0.2) is 18.9 Å². The standard InChI is InChI=1S/C20H14INO5/c1-26-15-7-2-12(3-8-15)4-9-18(23)22-19(24)16-10-13-5-6-14(21)11-17(13)27-20(16)25/h2-11H,1H3,(H,22,23,24). The summed E-state index contributed by atoms with van der Waals surface area (Å²) in [5.41, 5.74) is 0.122. The highest BCUT2D eigenvalue weighted by atomic mass is 127. The first-order valence-electron chi connectivity index (χ1n) is 7.87. The van der Waals surface area contributed by atoms with E-state index in [1.165, 1.54) is 12.1 Å². The van der Waals surface area contributed by atoms with Crippen molar-refractivity contribution >= 4 is 51.5 Å². The Labute approximate surface area is 168 Å². The van der Waals surface area contributed by atoms with E-state index in [1.807, 2.05) is 6.07 Å². The van der Waals surface area contributed by atoms with Gasteiger partial charge in [-0.15, -0.1) is 0 Å². The number of amides is 2. The average Bonchev–Trinajstić information content (AvgIpc) is 2.66. The Bertz CT molecular complexity index is 1100. The van der Waals surface area contributed by atoms with Crippen LogP contribution in [0.25, 0.3) is 17.0 Å². The fraction of sp³-hybridized carbons (Fsp3) is 0.0500. The maximum atomic E-state index is 12.2. The summed E-state index contributed by atoms with van der Waals surface area (Å²) in [4.78, 5) is 36.2. The smallest absolute Gasteiger partial charge is 0.349 e. The normalized spacial score (nSPS) is 10.9. The topological polar surface area (TPSA) is 85.6 Å². The molecule has 1 N–H and O–H groups in total. The molecule has 0 saturated carbocycles. The van der Waals surface area contributed by atoms with Gasteiger partial charge in [-0.1, -0.05) is 18.2 Å². The molecule has 0 unspecified atom stereocenters. The Balaban J connectivity index is 1.74. The molecule has 3 rings (SSSR count). The van der Waals surface area contributed by atoms with Gasteiger partial charge in [0.1, 0.15) is 16.9 Å². The summed E-state index contributed by atoms with van der Waals surface area (Å²) in [6.45, 7) is 0. The number of rotatable bonds is 4. The minimum Gasteiger partial charge on any atom is -0.497 e. The minimum absolute atomic E-state index is 0.227. The van der Waals surface area contributed by atoms with Crippen molar-refractivity contribution in [2.24, 2.45) is 0 Å². The summed E-state index contributed by atoms with van der Waals surface area (Å²) < 4.78 is 11.1. The summed E-state index contributed by atoms with van der Waals surface area (Å²) in [6.07, 6.45) is 2.76. The highest BCUT2D eigenvalue weighted by molar-refractivity contribution is 14.1. The molecular weight excluding hydrogens is 461 g/mol. The van der Waals surface area contributed by atoms with Crippen molar-refractivity contribution in [3.05, 3.63) is 79.7 Å². The summed E-state index contributed by atoms with van der Waals surface area (Å²) in [7, 11) is 1.56. The second kappa shape index (κ2) is 8.17. The van der Waals surface area contributed by atoms with Gasteiger partial charge in [-0.05, 0) is 64.6 Å². The van der Waals surface area contributed by atoms with Crippen molar-refractivity contribution in [3.63, 3.8) is 0 Å². The van der Waals surface area contributed by atoms with Gasteiger partial charge in [0.15, 0.2) is 0 Å². The predicted octanol–water partition coefficient (Wildman–Crippen LogP) is 3.38. The first-order valence-corrected chi connectivity index (χ1v) is 8.95. The SMILES string of the molecule is COc1ccc(C=CC(=O)NC(=O)c2cc3ccc(I)cc3oc2=O)cc1. The molecule has 0 fully saturated rings. The molecule has 0 aliphatic rings. The first kappa shape index (κ1) is 18.8. The number of benzene rings is 2. The zero-order valence-corrected chi connectivity index (χ0v) is 16.4. The molecule has 3 aromatic rings. The predicted molar refractivity (Wildman–Crippen MR) is 110 cm³/mol. The van der Waals surface area contributed by atoms with E-state index in [0.717, 1.165) is 9.13 Å². The average molecular weight is 475 g/mol. The van der Waals surface area contributed by atoms with Crippen LogP contribution in [-0.2, 0) is 4.79 Å². The fourth-order valence-electron chi connectivity index (χ4n) is 2.35. The van der Waals surface area contributed by atoms with E-state index in [1.54, 1.807) is 49.6 Å². The molecular formula is C20H14INO5. The number of hydrogen-bond acceptors (Lipinski definition) is 5. The molecule has 0 atom stereocenters. The summed E-state index contributed by atoms with van der Waals surface area (Å²) in [5, 5.41) is 2.75. The number of carbonyl (C=O) groups excluding carboxylic acids is 2. The Morgan fingerprint density at radius 3 is 2.56 bits per heavy atom. The number of methoxy groups -OCH3 is 1. The van der Waals surface area contributed by atoms with E-state index in [9.17, 15) is 14.4 Å². The number of carbonyl (C=O) groups is 2. The van der Waals surface area contributed by atoms with Crippen molar-refractivity contribution in [1.29, 1.82) is 0 Å². The fourth-order valence-corrected chi connectivity index (χ4v) is 2.81. The molecule has 0 spiro atoms. The van der Waals surface area contributed by atoms with E-state index >= 15 is 0 Å². The highest BCUT2D eigenvalue weighted by Gasteiger charge is 2.15. The van der Waals surface area contributed by atoms with Gasteiger partial charge in [0.2, 0.25) is 0 Å². The third-order valence-electron chi connectivity index (χ3n) is 3.72. The molecule has 136 valence electrons. The van der Waals surface area contributed by atoms with Crippen molar-refractivity contribution in [1.82, 2.24) is 5.32 Å². The maximum Gasteiger partial charge on any atom is 0.349 e. The molecule has 6 nitrogen and oxygen atoms in total. The Kier molecular flexibility index (Phi) is 5.70. The quantitative estimate of drug-likeness (QED) is 0.356. The number of halogens is 1. The molecule has 1 aromatic heterocycles. The Hall–Kier alpha value is -2.94. The van der Waals surface area contributed by atoms with Gasteiger partial charge in [-0.2, -0.15) is 0 Å². The van der Waals surface area contributed by atoms with Gasteiger partial charge in [-0.25, -0.2) is 4.79 Å². The number of ether oxygens (including phenoxy) is 1. The summed E-state index contributed by atoms with van der Waals surface area (Å²) in [6, 6.07) is 13.7. The third kappa shape index (κ3) is 4.62. The molecule has 0 saturated heterocycles. The monoisotopic (exact) mass is 475 g/mol. The van der Waals surface area contributed by atoms with Gasteiger partial charge < -0.3 is 9.15 Å². The molecule has 0 aliphatic heterocycles. The second-order valence-electron chi connectivity index (χ2n) is 5.55. The van der Waals surface area contributed by atoms with Crippen LogP contribution in [0, 0.1) is 3.57 Å². The largest absolute Gasteiger partial charge is 0.497 e. The summed E-state index contributed by atoms with van der Waals surface area (Å²) >= 11 is 2.09. The maximum absolute atomic E-state index is 12.2. The Morgan fingerprint density at radius 2 is 1.85 bits per heavy atom. The molecule has 0 bridgehead atoms. The number of nitrogens with one attached hydrogen (secondary N) is 1. The van der Waals surface area contributed by atoms with Gasteiger partial charge >= 0.3 is 5.63 Å². The van der Waals surface area contributed by atoms with Crippen LogP contribution < -0.4 is 15.7 Å². The van der Waals surface area contributed by atoms with E-state index in [4.69, 9.17) is 9.15 Å². The van der Waals surface area contributed by atoms with Crippen LogP contribution in [0.3, 0.4) is 0 Å². The molecule has 2 amide bonds. The van der Waals surface area contributed by atoms with E-state index < -0.39 is 17.4 Å². The summed E-state index contributed by atoms with van der Waals surface area (Å²) in [5.74, 6) is -0.754. The number of imide groups is 1. The molecule has 0 aliphatic carbocycles. The van der Waals surface area contributed by atoms with Crippen LogP contribution >= 0.6 is 22.6 Å². The molecule has 2 aromatic carbocycles. The van der Waals surface area contributed by atoms with Crippen molar-refractivity contribution in [2.75, 3.05) is 7.11 Å². The highest BCUT2D eigenvalue weighted by Crippen LogP contribution is 2.17. The van der Waals surface area contributed by atoms with E-state index in [2.05, 4.69) is 27.9 Å². The molecule has 1 heterocycles. The van der Waals surface area contributed by atoms with Crippen LogP contribution in [0.15, 0.2) is 63.8 Å². The molecule has 0 radical (unpaired) electrons. The third-order valence-corrected chi connectivity index (χ3v) is 4.39. The number of hydrogen-bond donors (Lipinski definition) is 1. The van der Waals surface area contributed by atoms with Gasteiger partial charge in [0.05, 0.1) is 7.11 Å². The van der Waals surface area contributed by atoms with E-state index in [-0.39, 0.29) is 5.56 Å². The van der Waals surface area contributed by atoms with Crippen molar-refractivity contribution in [2.45, 2.75) is 0 Å². The van der Waals surface area contributed by atoms with Crippen LogP contribution in [0.2, 0.25) is 0 Å². The second-order valence-corrected chi connectivity index (χ2v) is 6.80. The lowest BCUT2D eigenvalue weighted by Crippen LogP contribution is -2.32. The van der Waals surface area contributed by atoms with Crippen molar-refractivity contribution in [3.8, 4) is 5.75 Å². The number of fused-ring (bicyclic) bond motifs is 1. The lowest BCUT2D eigenvalue weighted by molar-refractivity contribution is -0.115. The zero-order chi connectivity index (χ0) is 19.4. The van der Waals surface area contributed by atoms with Gasteiger partial charge in [0, 0.05) is 15.0 Å². The van der Waals surface area contributed by atoms with Crippen LogP contribution in [0.1, 0.15) is 15.9 Å². The lowest BCUT2D eigenvalue weighted by atomic mass is 10.1. The van der Waals surface area contributed by atoms with Gasteiger partial charge in [-0.3, -0.25) is 14.9 Å². The van der Waals surface area contributed by atoms with Crippen LogP contribution in [0.4, 0.5) is 0 Å². The van der Waals surface area contributed by atoms with Crippen LogP contribution in [0.5, 0.6) is 5.75 Å². The minimum atomic E-state index is -0.811. The molecule has 7 heteroatoms. The van der Waals surface area contributed by atoms with E-state index in [0.29, 0.717) is 16.7 Å².